The second-order valence-electron chi connectivity index (χ2n) is 6.48. The van der Waals surface area contributed by atoms with Gasteiger partial charge in [-0.2, -0.15) is 0 Å². The van der Waals surface area contributed by atoms with Gasteiger partial charge in [0.15, 0.2) is 9.84 Å². The molecule has 1 heterocycles. The van der Waals surface area contributed by atoms with Crippen molar-refractivity contribution in [1.29, 1.82) is 0 Å². The van der Waals surface area contributed by atoms with Gasteiger partial charge in [-0.15, -0.1) is 0 Å². The fourth-order valence-electron chi connectivity index (χ4n) is 2.92. The standard InChI is InChI=1S/C18H21N3O5S2/c1-27(23,24)16-4-2-3-5-17(16)28(25,26)20-12-14-6-8-15(9-7-14)21-11-10-19-18(22)13-21/h2-9,20H,10-13H2,1H3,(H,19,22). The average Bonchev–Trinajstić information content (AvgIpc) is 2.66. The van der Waals surface area contributed by atoms with E-state index in [9.17, 15) is 21.6 Å². The van der Waals surface area contributed by atoms with Crippen LogP contribution in [-0.4, -0.2) is 48.6 Å². The van der Waals surface area contributed by atoms with Crippen LogP contribution in [0.15, 0.2) is 58.3 Å². The van der Waals surface area contributed by atoms with E-state index in [2.05, 4.69) is 10.0 Å². The Bertz CT molecular complexity index is 1080. The van der Waals surface area contributed by atoms with Gasteiger partial charge in [-0.25, -0.2) is 21.6 Å². The number of anilines is 1. The van der Waals surface area contributed by atoms with Crippen molar-refractivity contribution in [3.8, 4) is 0 Å². The predicted octanol–water partition coefficient (Wildman–Crippen LogP) is 0.505. The van der Waals surface area contributed by atoms with E-state index in [1.165, 1.54) is 24.3 Å². The molecule has 150 valence electrons. The van der Waals surface area contributed by atoms with Crippen molar-refractivity contribution in [2.45, 2.75) is 16.3 Å². The number of rotatable bonds is 6. The first-order chi connectivity index (χ1) is 13.2. The summed E-state index contributed by atoms with van der Waals surface area (Å²) >= 11 is 0. The minimum Gasteiger partial charge on any atom is -0.360 e. The number of hydrogen-bond donors (Lipinski definition) is 2. The van der Waals surface area contributed by atoms with Gasteiger partial charge < -0.3 is 10.2 Å². The number of sulfone groups is 1. The molecule has 1 fully saturated rings. The van der Waals surface area contributed by atoms with E-state index in [-0.39, 0.29) is 28.8 Å². The van der Waals surface area contributed by atoms with Crippen molar-refractivity contribution in [2.24, 2.45) is 0 Å². The Balaban J connectivity index is 1.73. The molecule has 0 unspecified atom stereocenters. The van der Waals surface area contributed by atoms with Gasteiger partial charge in [-0.1, -0.05) is 24.3 Å². The van der Waals surface area contributed by atoms with E-state index < -0.39 is 19.9 Å². The summed E-state index contributed by atoms with van der Waals surface area (Å²) in [4.78, 5) is 12.9. The van der Waals surface area contributed by atoms with Crippen LogP contribution in [-0.2, 0) is 31.2 Å². The number of nitrogens with one attached hydrogen (secondary N) is 2. The van der Waals surface area contributed by atoms with E-state index in [1.807, 2.05) is 17.0 Å². The number of carbonyl (C=O) groups excluding carboxylic acids is 1. The number of nitrogens with zero attached hydrogens (tertiary/aromatic N) is 1. The topological polar surface area (TPSA) is 113 Å². The van der Waals surface area contributed by atoms with Crippen molar-refractivity contribution in [3.63, 3.8) is 0 Å². The summed E-state index contributed by atoms with van der Waals surface area (Å²) in [6.07, 6.45) is 0.973. The molecule has 28 heavy (non-hydrogen) atoms. The molecule has 2 aromatic rings. The number of hydrogen-bond acceptors (Lipinski definition) is 6. The van der Waals surface area contributed by atoms with E-state index in [0.717, 1.165) is 11.9 Å². The molecule has 1 aliphatic rings. The first kappa shape index (κ1) is 20.3. The molecule has 10 heteroatoms. The van der Waals surface area contributed by atoms with E-state index in [4.69, 9.17) is 0 Å². The summed E-state index contributed by atoms with van der Waals surface area (Å²) in [5.41, 5.74) is 1.59. The highest BCUT2D eigenvalue weighted by atomic mass is 32.2. The zero-order chi connectivity index (χ0) is 20.4. The highest BCUT2D eigenvalue weighted by molar-refractivity contribution is 7.93. The molecule has 0 aromatic heterocycles. The van der Waals surface area contributed by atoms with Crippen LogP contribution in [0.1, 0.15) is 5.56 Å². The average molecular weight is 424 g/mol. The molecule has 0 aliphatic carbocycles. The Morgan fingerprint density at radius 3 is 2.25 bits per heavy atom. The van der Waals surface area contributed by atoms with Gasteiger partial charge in [0.05, 0.1) is 11.4 Å². The van der Waals surface area contributed by atoms with Gasteiger partial charge in [0.25, 0.3) is 0 Å². The SMILES string of the molecule is CS(=O)(=O)c1ccccc1S(=O)(=O)NCc1ccc(N2CCNC(=O)C2)cc1. The minimum absolute atomic E-state index is 0.0151. The van der Waals surface area contributed by atoms with Crippen molar-refractivity contribution >= 4 is 31.5 Å². The Morgan fingerprint density at radius 2 is 1.64 bits per heavy atom. The number of amides is 1. The summed E-state index contributed by atoms with van der Waals surface area (Å²) < 4.78 is 51.4. The highest BCUT2D eigenvalue weighted by Crippen LogP contribution is 2.21. The zero-order valence-corrected chi connectivity index (χ0v) is 16.9. The molecule has 1 saturated heterocycles. The molecule has 3 rings (SSSR count). The number of sulfonamides is 1. The van der Waals surface area contributed by atoms with Crippen LogP contribution >= 0.6 is 0 Å². The van der Waals surface area contributed by atoms with E-state index in [0.29, 0.717) is 18.7 Å². The van der Waals surface area contributed by atoms with Gasteiger partial charge in [-0.05, 0) is 29.8 Å². The summed E-state index contributed by atoms with van der Waals surface area (Å²) in [5, 5.41) is 2.76. The summed E-state index contributed by atoms with van der Waals surface area (Å²) in [6, 6.07) is 12.7. The van der Waals surface area contributed by atoms with Gasteiger partial charge in [0, 0.05) is 31.6 Å². The molecule has 2 aromatic carbocycles. The molecule has 2 N–H and O–H groups in total. The fourth-order valence-corrected chi connectivity index (χ4v) is 5.56. The maximum Gasteiger partial charge on any atom is 0.242 e. The molecular formula is C18H21N3O5S2. The van der Waals surface area contributed by atoms with Gasteiger partial charge in [0.1, 0.15) is 4.90 Å². The Hall–Kier alpha value is -2.43. The zero-order valence-electron chi connectivity index (χ0n) is 15.3. The maximum atomic E-state index is 12.6. The summed E-state index contributed by atoms with van der Waals surface area (Å²) in [6.45, 7) is 1.59. The Morgan fingerprint density at radius 1 is 1.00 bits per heavy atom. The lowest BCUT2D eigenvalue weighted by molar-refractivity contribution is -0.120. The van der Waals surface area contributed by atoms with Crippen molar-refractivity contribution < 1.29 is 21.6 Å². The molecule has 0 saturated carbocycles. The first-order valence-electron chi connectivity index (χ1n) is 8.56. The van der Waals surface area contributed by atoms with Gasteiger partial charge >= 0.3 is 0 Å². The molecule has 1 aliphatic heterocycles. The quantitative estimate of drug-likeness (QED) is 0.700. The highest BCUT2D eigenvalue weighted by Gasteiger charge is 2.23. The maximum absolute atomic E-state index is 12.6. The molecular weight excluding hydrogens is 402 g/mol. The second-order valence-corrected chi connectivity index (χ2v) is 10.2. The smallest absolute Gasteiger partial charge is 0.242 e. The van der Waals surface area contributed by atoms with E-state index >= 15 is 0 Å². The van der Waals surface area contributed by atoms with Crippen molar-refractivity contribution in [3.05, 3.63) is 54.1 Å². The van der Waals surface area contributed by atoms with Crippen LogP contribution in [0.4, 0.5) is 5.69 Å². The molecule has 0 spiro atoms. The number of piperazine rings is 1. The Kier molecular flexibility index (Phi) is 5.73. The minimum atomic E-state index is -4.00. The number of carbonyl (C=O) groups is 1. The molecule has 8 nitrogen and oxygen atoms in total. The Labute approximate surface area is 164 Å². The lowest BCUT2D eigenvalue weighted by atomic mass is 10.2. The summed E-state index contributed by atoms with van der Waals surface area (Å²) in [7, 11) is -7.68. The lowest BCUT2D eigenvalue weighted by Gasteiger charge is -2.28. The summed E-state index contributed by atoms with van der Waals surface area (Å²) in [5.74, 6) is -0.0346. The molecule has 0 radical (unpaired) electrons. The normalized spacial score (nSPS) is 15.3. The first-order valence-corrected chi connectivity index (χ1v) is 11.9. The second kappa shape index (κ2) is 7.90. The van der Waals surface area contributed by atoms with E-state index in [1.54, 1.807) is 12.1 Å². The van der Waals surface area contributed by atoms with Crippen LogP contribution in [0, 0.1) is 0 Å². The van der Waals surface area contributed by atoms with Crippen LogP contribution in [0.2, 0.25) is 0 Å². The lowest BCUT2D eigenvalue weighted by Crippen LogP contribution is -2.47. The van der Waals surface area contributed by atoms with Gasteiger partial charge in [0.2, 0.25) is 15.9 Å². The predicted molar refractivity (Wildman–Crippen MR) is 105 cm³/mol. The number of benzene rings is 2. The van der Waals surface area contributed by atoms with Gasteiger partial charge in [-0.3, -0.25) is 4.79 Å². The third-order valence-electron chi connectivity index (χ3n) is 4.34. The van der Waals surface area contributed by atoms with Crippen LogP contribution in [0.25, 0.3) is 0 Å². The molecule has 1 amide bonds. The van der Waals surface area contributed by atoms with Crippen LogP contribution in [0.3, 0.4) is 0 Å². The molecule has 0 atom stereocenters. The van der Waals surface area contributed by atoms with Crippen molar-refractivity contribution in [2.75, 3.05) is 30.8 Å². The fraction of sp³-hybridized carbons (Fsp3) is 0.278. The monoisotopic (exact) mass is 423 g/mol. The molecule has 0 bridgehead atoms. The van der Waals surface area contributed by atoms with Crippen LogP contribution < -0.4 is 14.9 Å². The third kappa shape index (κ3) is 4.70. The van der Waals surface area contributed by atoms with Crippen molar-refractivity contribution in [1.82, 2.24) is 10.0 Å². The van der Waals surface area contributed by atoms with Crippen LogP contribution in [0.5, 0.6) is 0 Å². The largest absolute Gasteiger partial charge is 0.360 e. The third-order valence-corrected chi connectivity index (χ3v) is 7.09.